The number of hydrogen-bond acceptors (Lipinski definition) is 4. The molecule has 0 radical (unpaired) electrons. The van der Waals surface area contributed by atoms with Crippen molar-refractivity contribution in [3.63, 3.8) is 0 Å². The zero-order chi connectivity index (χ0) is 12.9. The number of nitrogens with one attached hydrogen (secondary N) is 1. The van der Waals surface area contributed by atoms with E-state index in [1.807, 2.05) is 6.07 Å². The maximum atomic E-state index is 6.40. The number of para-hydroxylation sites is 1. The number of nitrogens with zero attached hydrogens (tertiary/aromatic N) is 1. The minimum Gasteiger partial charge on any atom is -0.480 e. The van der Waals surface area contributed by atoms with Gasteiger partial charge in [0.25, 0.3) is 0 Å². The Labute approximate surface area is 128 Å². The molecule has 2 aromatic rings. The molecule has 0 atom stereocenters. The molecule has 1 aromatic carbocycles. The van der Waals surface area contributed by atoms with Gasteiger partial charge >= 0.3 is 0 Å². The number of benzene rings is 1. The average molecular weight is 309 g/mol. The fourth-order valence-electron chi connectivity index (χ4n) is 3.09. The van der Waals surface area contributed by atoms with Crippen LogP contribution < -0.4 is 10.1 Å². The maximum Gasteiger partial charge on any atom is 0.155 e. The van der Waals surface area contributed by atoms with E-state index in [0.29, 0.717) is 0 Å². The van der Waals surface area contributed by atoms with Crippen LogP contribution in [0.5, 0.6) is 5.75 Å². The highest BCUT2D eigenvalue weighted by Gasteiger charge is 2.44. The van der Waals surface area contributed by atoms with Crippen LogP contribution in [0.1, 0.15) is 23.5 Å². The van der Waals surface area contributed by atoms with E-state index in [1.165, 1.54) is 10.4 Å². The summed E-state index contributed by atoms with van der Waals surface area (Å²) < 4.78 is 6.40. The number of piperidine rings is 1. The number of thiazole rings is 1. The van der Waals surface area contributed by atoms with E-state index in [4.69, 9.17) is 9.72 Å². The lowest BCUT2D eigenvalue weighted by Crippen LogP contribution is -2.45. The van der Waals surface area contributed by atoms with Gasteiger partial charge in [-0.15, -0.1) is 23.7 Å². The molecule has 0 aliphatic carbocycles. The van der Waals surface area contributed by atoms with Crippen LogP contribution in [-0.4, -0.2) is 18.1 Å². The fourth-order valence-corrected chi connectivity index (χ4v) is 4.13. The molecule has 0 bridgehead atoms. The molecule has 3 heterocycles. The number of aromatic nitrogens is 1. The van der Waals surface area contributed by atoms with Crippen molar-refractivity contribution in [3.8, 4) is 16.2 Å². The van der Waals surface area contributed by atoms with E-state index in [0.717, 1.165) is 42.4 Å². The average Bonchev–Trinajstić information content (AvgIpc) is 2.83. The van der Waals surface area contributed by atoms with E-state index < -0.39 is 0 Å². The van der Waals surface area contributed by atoms with E-state index in [-0.39, 0.29) is 18.0 Å². The highest BCUT2D eigenvalue weighted by atomic mass is 35.5. The minimum absolute atomic E-state index is 0. The van der Waals surface area contributed by atoms with Gasteiger partial charge in [0.1, 0.15) is 11.4 Å². The van der Waals surface area contributed by atoms with Gasteiger partial charge in [-0.25, -0.2) is 4.98 Å². The van der Waals surface area contributed by atoms with Crippen molar-refractivity contribution in [3.05, 3.63) is 35.0 Å². The number of aryl methyl sites for hydroxylation is 1. The van der Waals surface area contributed by atoms with E-state index in [9.17, 15) is 0 Å². The highest BCUT2D eigenvalue weighted by Crippen LogP contribution is 2.50. The van der Waals surface area contributed by atoms with Gasteiger partial charge in [0.15, 0.2) is 5.60 Å². The molecule has 1 spiro atoms. The quantitative estimate of drug-likeness (QED) is 0.808. The van der Waals surface area contributed by atoms with E-state index in [1.54, 1.807) is 11.3 Å². The predicted octanol–water partition coefficient (Wildman–Crippen LogP) is 3.51. The molecule has 106 valence electrons. The number of hydrogen-bond donors (Lipinski definition) is 1. The molecule has 1 aromatic heterocycles. The van der Waals surface area contributed by atoms with Crippen molar-refractivity contribution in [2.24, 2.45) is 0 Å². The predicted molar refractivity (Wildman–Crippen MR) is 83.9 cm³/mol. The molecule has 2 aliphatic heterocycles. The van der Waals surface area contributed by atoms with Gasteiger partial charge in [-0.05, 0) is 32.1 Å². The molecule has 0 unspecified atom stereocenters. The fraction of sp³-hybridized carbons (Fsp3) is 0.400. The van der Waals surface area contributed by atoms with Gasteiger partial charge in [-0.2, -0.15) is 0 Å². The lowest BCUT2D eigenvalue weighted by molar-refractivity contribution is 0.0272. The largest absolute Gasteiger partial charge is 0.480 e. The smallest absolute Gasteiger partial charge is 0.155 e. The van der Waals surface area contributed by atoms with Gasteiger partial charge in [-0.1, -0.05) is 12.1 Å². The molecule has 3 nitrogen and oxygen atoms in total. The Kier molecular flexibility index (Phi) is 3.48. The van der Waals surface area contributed by atoms with Crippen molar-refractivity contribution in [1.29, 1.82) is 0 Å². The molecular formula is C15H17ClN2OS. The second-order valence-corrected chi connectivity index (χ2v) is 6.46. The molecule has 0 saturated carbocycles. The van der Waals surface area contributed by atoms with Crippen LogP contribution in [-0.2, 0) is 5.60 Å². The summed E-state index contributed by atoms with van der Waals surface area (Å²) in [6, 6.07) is 8.34. The third-order valence-electron chi connectivity index (χ3n) is 4.01. The Morgan fingerprint density at radius 3 is 2.80 bits per heavy atom. The topological polar surface area (TPSA) is 34.1 Å². The molecule has 5 heteroatoms. The van der Waals surface area contributed by atoms with Crippen LogP contribution in [0, 0.1) is 6.92 Å². The van der Waals surface area contributed by atoms with Crippen molar-refractivity contribution in [2.45, 2.75) is 25.4 Å². The van der Waals surface area contributed by atoms with Crippen molar-refractivity contribution in [1.82, 2.24) is 10.3 Å². The van der Waals surface area contributed by atoms with Gasteiger partial charge in [0, 0.05) is 18.4 Å². The summed E-state index contributed by atoms with van der Waals surface area (Å²) in [5.74, 6) is 1.01. The summed E-state index contributed by atoms with van der Waals surface area (Å²) in [6.07, 6.45) is 2.00. The standard InChI is InChI=1S/C15H16N2OS.ClH/c1-10-17-14-13(19-10)11-4-2-3-5-12(11)18-15(14)6-8-16-9-7-15;/h2-5,16H,6-9H2,1H3;1H. The van der Waals surface area contributed by atoms with Crippen LogP contribution in [0.15, 0.2) is 24.3 Å². The van der Waals surface area contributed by atoms with Gasteiger partial charge in [0.05, 0.1) is 9.88 Å². The molecule has 1 N–H and O–H groups in total. The zero-order valence-electron chi connectivity index (χ0n) is 11.3. The Balaban J connectivity index is 0.00000121. The second-order valence-electron chi connectivity index (χ2n) is 5.25. The van der Waals surface area contributed by atoms with Gasteiger partial charge in [0.2, 0.25) is 0 Å². The Morgan fingerprint density at radius 2 is 2.00 bits per heavy atom. The molecular weight excluding hydrogens is 292 g/mol. The van der Waals surface area contributed by atoms with Crippen LogP contribution in [0.4, 0.5) is 0 Å². The van der Waals surface area contributed by atoms with Crippen LogP contribution >= 0.6 is 23.7 Å². The molecule has 20 heavy (non-hydrogen) atoms. The summed E-state index contributed by atoms with van der Waals surface area (Å²) in [5, 5.41) is 4.54. The first kappa shape index (κ1) is 13.9. The molecule has 1 saturated heterocycles. The first-order valence-corrected chi connectivity index (χ1v) is 7.57. The van der Waals surface area contributed by atoms with Crippen LogP contribution in [0.2, 0.25) is 0 Å². The van der Waals surface area contributed by atoms with Crippen molar-refractivity contribution >= 4 is 23.7 Å². The highest BCUT2D eigenvalue weighted by molar-refractivity contribution is 7.15. The summed E-state index contributed by atoms with van der Waals surface area (Å²) in [6.45, 7) is 4.08. The SMILES string of the molecule is Cc1nc2c(s1)-c1ccccc1OC21CCNCC1.Cl. The van der Waals surface area contributed by atoms with Gasteiger partial charge < -0.3 is 10.1 Å². The van der Waals surface area contributed by atoms with Crippen molar-refractivity contribution in [2.75, 3.05) is 13.1 Å². The van der Waals surface area contributed by atoms with Crippen molar-refractivity contribution < 1.29 is 4.74 Å². The minimum atomic E-state index is -0.209. The second kappa shape index (κ2) is 5.02. The third-order valence-corrected chi connectivity index (χ3v) is 5.02. The molecule has 2 aliphatic rings. The maximum absolute atomic E-state index is 6.40. The zero-order valence-corrected chi connectivity index (χ0v) is 12.9. The molecule has 0 amide bonds. The summed E-state index contributed by atoms with van der Waals surface area (Å²) in [4.78, 5) is 6.10. The van der Waals surface area contributed by atoms with E-state index >= 15 is 0 Å². The lowest BCUT2D eigenvalue weighted by Gasteiger charge is -2.40. The number of rotatable bonds is 0. The summed E-state index contributed by atoms with van der Waals surface area (Å²) in [7, 11) is 0. The first-order valence-electron chi connectivity index (χ1n) is 6.76. The Bertz CT molecular complexity index is 635. The Hall–Kier alpha value is -1.10. The molecule has 4 rings (SSSR count). The summed E-state index contributed by atoms with van der Waals surface area (Å²) >= 11 is 1.79. The van der Waals surface area contributed by atoms with Crippen LogP contribution in [0.25, 0.3) is 10.4 Å². The third kappa shape index (κ3) is 1.94. The normalized spacial score (nSPS) is 18.6. The lowest BCUT2D eigenvalue weighted by atomic mass is 9.85. The Morgan fingerprint density at radius 1 is 1.25 bits per heavy atom. The van der Waals surface area contributed by atoms with E-state index in [2.05, 4.69) is 30.4 Å². The van der Waals surface area contributed by atoms with Crippen LogP contribution in [0.3, 0.4) is 0 Å². The van der Waals surface area contributed by atoms with Gasteiger partial charge in [-0.3, -0.25) is 0 Å². The number of halogens is 1. The summed E-state index contributed by atoms with van der Waals surface area (Å²) in [5.41, 5.74) is 2.15. The first-order chi connectivity index (χ1) is 9.28. The number of fused-ring (bicyclic) bond motifs is 4. The molecule has 1 fully saturated rings. The number of ether oxygens (including phenoxy) is 1. The monoisotopic (exact) mass is 308 g/mol.